The van der Waals surface area contributed by atoms with Crippen LogP contribution in [-0.4, -0.2) is 0 Å². The molecule has 0 N–H and O–H groups in total. The van der Waals surface area contributed by atoms with E-state index in [1.807, 2.05) is 0 Å². The van der Waals surface area contributed by atoms with E-state index in [1.165, 1.54) is 164 Å². The van der Waals surface area contributed by atoms with Crippen LogP contribution in [0.1, 0.15) is 18.4 Å². The average molecular weight is 1070 g/mol. The molecule has 0 saturated carbocycles. The van der Waals surface area contributed by atoms with Gasteiger partial charge < -0.3 is 0 Å². The summed E-state index contributed by atoms with van der Waals surface area (Å²) in [6.45, 7) is 0. The van der Waals surface area contributed by atoms with Gasteiger partial charge in [0, 0.05) is 0 Å². The van der Waals surface area contributed by atoms with Crippen LogP contribution in [0.3, 0.4) is 0 Å². The number of allylic oxidation sites excluding steroid dienone is 4. The zero-order valence-electron chi connectivity index (χ0n) is 46.4. The Labute approximate surface area is 489 Å². The van der Waals surface area contributed by atoms with Gasteiger partial charge in [0.05, 0.1) is 0 Å². The van der Waals surface area contributed by atoms with Crippen molar-refractivity contribution in [2.24, 2.45) is 0 Å². The van der Waals surface area contributed by atoms with E-state index in [0.29, 0.717) is 0 Å². The molecule has 16 aromatic carbocycles. The molecule has 0 spiro atoms. The maximum atomic E-state index is 2.40. The lowest BCUT2D eigenvalue weighted by Gasteiger charge is -2.21. The van der Waals surface area contributed by atoms with Gasteiger partial charge in [-0.25, -0.2) is 0 Å². The zero-order chi connectivity index (χ0) is 55.5. The third-order valence-corrected chi connectivity index (χ3v) is 17.7. The Morgan fingerprint density at radius 3 is 1.20 bits per heavy atom. The molecule has 84 heavy (non-hydrogen) atoms. The van der Waals surface area contributed by atoms with E-state index in [9.17, 15) is 0 Å². The fourth-order valence-corrected chi connectivity index (χ4v) is 14.0. The highest BCUT2D eigenvalue weighted by molar-refractivity contribution is 6.30. The van der Waals surface area contributed by atoms with Gasteiger partial charge in [-0.3, -0.25) is 0 Å². The molecule has 0 saturated heterocycles. The highest BCUT2D eigenvalue weighted by Crippen LogP contribution is 2.50. The van der Waals surface area contributed by atoms with E-state index < -0.39 is 0 Å². The van der Waals surface area contributed by atoms with Crippen molar-refractivity contribution in [3.05, 3.63) is 321 Å². The number of benzene rings is 16. The largest absolute Gasteiger partial charge is 0.0836 e. The lowest BCUT2D eigenvalue weighted by Crippen LogP contribution is -1.94. The molecule has 16 aromatic rings. The first-order valence-corrected chi connectivity index (χ1v) is 29.5. The summed E-state index contributed by atoms with van der Waals surface area (Å²) in [6.07, 6.45) is 9.17. The molecule has 0 aliphatic heterocycles. The van der Waals surface area contributed by atoms with Crippen LogP contribution in [0.2, 0.25) is 0 Å². The second kappa shape index (κ2) is 20.7. The molecule has 0 radical (unpaired) electrons. The lowest BCUT2D eigenvalue weighted by atomic mass is 9.82. The molecule has 0 atom stereocenters. The van der Waals surface area contributed by atoms with E-state index in [1.54, 1.807) is 0 Å². The Morgan fingerprint density at radius 2 is 0.607 bits per heavy atom. The molecule has 392 valence electrons. The summed E-state index contributed by atoms with van der Waals surface area (Å²) in [5, 5.41) is 20.7. The monoisotopic (exact) mass is 1060 g/mol. The Morgan fingerprint density at radius 1 is 0.202 bits per heavy atom. The fourth-order valence-electron chi connectivity index (χ4n) is 14.0. The van der Waals surface area contributed by atoms with E-state index in [0.717, 1.165) is 12.8 Å². The molecule has 0 amide bonds. The van der Waals surface area contributed by atoms with Crippen molar-refractivity contribution >= 4 is 91.8 Å². The smallest absolute Gasteiger partial charge is 0.00201 e. The van der Waals surface area contributed by atoms with Crippen molar-refractivity contribution in [3.63, 3.8) is 0 Å². The zero-order valence-corrected chi connectivity index (χ0v) is 46.4. The van der Waals surface area contributed by atoms with Crippen LogP contribution >= 0.6 is 0 Å². The molecule has 17 rings (SSSR count). The van der Waals surface area contributed by atoms with Gasteiger partial charge in [0.25, 0.3) is 0 Å². The molecule has 0 aromatic heterocycles. The standard InChI is InChI=1S/C42H26.C42H30/c1-2-11-27(12-3-1)31-15-4-5-16-32(31)41-33-17-6-8-19-35(33)42(36-20-9-7-18-34(36)41)38-26-24-30-22-21-28-13-10-14-29-23-25-37(38)40(30)39(28)29;1-3-14-29(15-4-1)32-26-33(30-16-5-2-6-17-30)28-34(27-32)41-37-21-9-11-23-39(37)42(40-24-12-10-22-38(40)41)36-25-13-19-31-18-7-8-20-35(31)36/h1-26H;1,3-5,7-28H,2,6H2. The summed E-state index contributed by atoms with van der Waals surface area (Å²) in [7, 11) is 0. The van der Waals surface area contributed by atoms with Gasteiger partial charge in [0.1, 0.15) is 0 Å². The summed E-state index contributed by atoms with van der Waals surface area (Å²) >= 11 is 0. The predicted octanol–water partition coefficient (Wildman–Crippen LogP) is 23.8. The van der Waals surface area contributed by atoms with Crippen LogP contribution in [0.5, 0.6) is 0 Å². The Bertz CT molecular complexity index is 5160. The van der Waals surface area contributed by atoms with Gasteiger partial charge >= 0.3 is 0 Å². The molecule has 0 heterocycles. The number of fused-ring (bicyclic) bond motifs is 5. The Balaban J connectivity index is 0.000000137. The van der Waals surface area contributed by atoms with Crippen LogP contribution < -0.4 is 0 Å². The van der Waals surface area contributed by atoms with Gasteiger partial charge in [0.15, 0.2) is 0 Å². The summed E-state index contributed by atoms with van der Waals surface area (Å²) in [4.78, 5) is 0. The lowest BCUT2D eigenvalue weighted by molar-refractivity contribution is 1.04. The van der Waals surface area contributed by atoms with Gasteiger partial charge in [-0.05, 0) is 195 Å². The maximum Gasteiger partial charge on any atom is -0.00201 e. The van der Waals surface area contributed by atoms with Gasteiger partial charge in [-0.15, -0.1) is 0 Å². The van der Waals surface area contributed by atoms with Crippen LogP contribution in [0.25, 0.3) is 159 Å². The van der Waals surface area contributed by atoms with Gasteiger partial charge in [-0.2, -0.15) is 0 Å². The van der Waals surface area contributed by atoms with Gasteiger partial charge in [-0.1, -0.05) is 297 Å². The SMILES string of the molecule is C1=CC(c2cc(-c3ccccc3)cc(-c3c4ccccc4c(-c4cccc5ccccc45)c4ccccc34)c2)=CCC1.c1ccc(-c2ccccc2-c2c3ccccc3c(-c3ccc4ccc5cccc6ccc3c4c56)c3ccccc23)cc1. The summed E-state index contributed by atoms with van der Waals surface area (Å²) in [6, 6.07) is 109. The summed E-state index contributed by atoms with van der Waals surface area (Å²) in [5.41, 5.74) is 17.8. The van der Waals surface area contributed by atoms with Crippen LogP contribution in [0.15, 0.2) is 315 Å². The first kappa shape index (κ1) is 49.2. The normalized spacial score (nSPS) is 12.5. The average Bonchev–Trinajstić information content (AvgIpc) is 1.04. The van der Waals surface area contributed by atoms with Crippen molar-refractivity contribution in [1.29, 1.82) is 0 Å². The quantitative estimate of drug-likeness (QED) is 0.110. The summed E-state index contributed by atoms with van der Waals surface area (Å²) < 4.78 is 0. The minimum Gasteiger partial charge on any atom is -0.0836 e. The third-order valence-electron chi connectivity index (χ3n) is 17.7. The van der Waals surface area contributed by atoms with E-state index in [2.05, 4.69) is 315 Å². The van der Waals surface area contributed by atoms with E-state index in [-0.39, 0.29) is 0 Å². The third kappa shape index (κ3) is 8.29. The predicted molar refractivity (Wildman–Crippen MR) is 363 cm³/mol. The van der Waals surface area contributed by atoms with E-state index in [4.69, 9.17) is 0 Å². The number of rotatable bonds is 7. The molecular weight excluding hydrogens is 1010 g/mol. The molecule has 0 unspecified atom stereocenters. The Kier molecular flexibility index (Phi) is 12.1. The first-order chi connectivity index (χ1) is 41.7. The Hall–Kier alpha value is -10.7. The second-order valence-electron chi connectivity index (χ2n) is 22.4. The van der Waals surface area contributed by atoms with Crippen molar-refractivity contribution in [1.82, 2.24) is 0 Å². The van der Waals surface area contributed by atoms with Crippen molar-refractivity contribution in [2.75, 3.05) is 0 Å². The van der Waals surface area contributed by atoms with Crippen LogP contribution in [-0.2, 0) is 0 Å². The minimum atomic E-state index is 1.09. The van der Waals surface area contributed by atoms with Crippen molar-refractivity contribution < 1.29 is 0 Å². The van der Waals surface area contributed by atoms with Crippen molar-refractivity contribution in [2.45, 2.75) is 12.8 Å². The van der Waals surface area contributed by atoms with Gasteiger partial charge in [0.2, 0.25) is 0 Å². The minimum absolute atomic E-state index is 1.09. The molecule has 0 nitrogen and oxygen atoms in total. The second-order valence-corrected chi connectivity index (χ2v) is 22.4. The molecule has 0 fully saturated rings. The van der Waals surface area contributed by atoms with Crippen molar-refractivity contribution in [3.8, 4) is 66.8 Å². The molecule has 0 heteroatoms. The first-order valence-electron chi connectivity index (χ1n) is 29.5. The van der Waals surface area contributed by atoms with Crippen LogP contribution in [0, 0.1) is 0 Å². The topological polar surface area (TPSA) is 0 Å². The highest BCUT2D eigenvalue weighted by Gasteiger charge is 2.23. The number of hydrogen-bond acceptors (Lipinski definition) is 0. The maximum absolute atomic E-state index is 2.40. The molecule has 1 aliphatic carbocycles. The molecule has 1 aliphatic rings. The summed E-state index contributed by atoms with van der Waals surface area (Å²) in [5.74, 6) is 0. The van der Waals surface area contributed by atoms with E-state index >= 15 is 0 Å². The van der Waals surface area contributed by atoms with Crippen LogP contribution in [0.4, 0.5) is 0 Å². The highest BCUT2D eigenvalue weighted by atomic mass is 14.3. The molecule has 0 bridgehead atoms. The fraction of sp³-hybridized carbons (Fsp3) is 0.0238. The molecular formula is C84H56. The number of hydrogen-bond donors (Lipinski definition) is 0.